The zero-order chi connectivity index (χ0) is 22.2. The van der Waals surface area contributed by atoms with E-state index in [9.17, 15) is 18.0 Å². The Balaban J connectivity index is 1.32. The van der Waals surface area contributed by atoms with Crippen LogP contribution in [0.5, 0.6) is 5.75 Å². The summed E-state index contributed by atoms with van der Waals surface area (Å²) in [4.78, 5) is 16.0. The molecule has 4 rings (SSSR count). The fraction of sp³-hybridized carbons (Fsp3) is 0.524. The summed E-state index contributed by atoms with van der Waals surface area (Å²) in [6, 6.07) is 5.59. The maximum Gasteiger partial charge on any atom is 0.573 e. The minimum absolute atomic E-state index is 0.106. The molecule has 2 aliphatic heterocycles. The van der Waals surface area contributed by atoms with Crippen molar-refractivity contribution < 1.29 is 27.4 Å². The molecule has 0 atom stereocenters. The summed E-state index contributed by atoms with van der Waals surface area (Å²) in [6.45, 7) is 7.47. The number of halogens is 3. The van der Waals surface area contributed by atoms with Gasteiger partial charge in [0.05, 0.1) is 29.9 Å². The molecule has 2 fully saturated rings. The number of hydrogen-bond acceptors (Lipinski definition) is 5. The van der Waals surface area contributed by atoms with Crippen LogP contribution in [0.15, 0.2) is 30.5 Å². The highest BCUT2D eigenvalue weighted by molar-refractivity contribution is 5.69. The third kappa shape index (κ3) is 4.57. The summed E-state index contributed by atoms with van der Waals surface area (Å²) in [5.74, 6) is -0.271. The van der Waals surface area contributed by atoms with Crippen molar-refractivity contribution in [1.29, 1.82) is 0 Å². The second-order valence-electron chi connectivity index (χ2n) is 8.27. The van der Waals surface area contributed by atoms with Crippen LogP contribution in [0.4, 0.5) is 23.7 Å². The number of aryl methyl sites for hydroxylation is 1. The van der Waals surface area contributed by atoms with Crippen molar-refractivity contribution in [1.82, 2.24) is 14.7 Å². The molecule has 0 bridgehead atoms. The van der Waals surface area contributed by atoms with E-state index in [2.05, 4.69) is 21.7 Å². The lowest BCUT2D eigenvalue weighted by molar-refractivity contribution is -0.274. The number of carbonyl (C=O) groups excluding carboxylic acids is 1. The molecule has 168 valence electrons. The van der Waals surface area contributed by atoms with Crippen LogP contribution in [-0.4, -0.2) is 59.9 Å². The van der Waals surface area contributed by atoms with Crippen molar-refractivity contribution in [2.75, 3.05) is 37.7 Å². The van der Waals surface area contributed by atoms with Gasteiger partial charge in [-0.25, -0.2) is 9.48 Å². The van der Waals surface area contributed by atoms with Crippen LogP contribution < -0.4 is 9.64 Å². The Labute approximate surface area is 178 Å². The molecule has 0 saturated carbocycles. The third-order valence-electron chi connectivity index (χ3n) is 5.64. The van der Waals surface area contributed by atoms with E-state index in [4.69, 9.17) is 4.74 Å². The Kier molecular flexibility index (Phi) is 5.49. The lowest BCUT2D eigenvalue weighted by atomic mass is 9.73. The maximum atomic E-state index is 12.3. The maximum absolute atomic E-state index is 12.3. The number of anilines is 1. The molecule has 2 aromatic rings. The molecule has 2 aliphatic rings. The number of hydrogen-bond donors (Lipinski definition) is 0. The average molecular weight is 438 g/mol. The molecule has 1 spiro atoms. The first-order valence-corrected chi connectivity index (χ1v) is 10.3. The van der Waals surface area contributed by atoms with Gasteiger partial charge in [-0.3, -0.25) is 0 Å². The van der Waals surface area contributed by atoms with Gasteiger partial charge in [-0.2, -0.15) is 5.10 Å². The van der Waals surface area contributed by atoms with Gasteiger partial charge in [0, 0.05) is 31.6 Å². The van der Waals surface area contributed by atoms with Crippen molar-refractivity contribution in [3.63, 3.8) is 0 Å². The highest BCUT2D eigenvalue weighted by Gasteiger charge is 2.54. The number of carbonyl (C=O) groups is 1. The fourth-order valence-electron chi connectivity index (χ4n) is 4.12. The number of benzene rings is 1. The molecular weight excluding hydrogens is 413 g/mol. The summed E-state index contributed by atoms with van der Waals surface area (Å²) in [6.07, 6.45) is -1.21. The zero-order valence-electron chi connectivity index (χ0n) is 17.5. The second-order valence-corrected chi connectivity index (χ2v) is 8.27. The second kappa shape index (κ2) is 7.97. The number of aromatic nitrogens is 2. The van der Waals surface area contributed by atoms with Crippen molar-refractivity contribution in [2.45, 2.75) is 33.1 Å². The van der Waals surface area contributed by atoms with Crippen LogP contribution in [0.1, 0.15) is 25.5 Å². The number of amides is 1. The summed E-state index contributed by atoms with van der Waals surface area (Å²) < 4.78 is 47.8. The van der Waals surface area contributed by atoms with Crippen molar-refractivity contribution >= 4 is 11.8 Å². The molecule has 0 radical (unpaired) electrons. The normalized spacial score (nSPS) is 17.3. The molecule has 0 N–H and O–H groups in total. The molecule has 1 aromatic heterocycles. The largest absolute Gasteiger partial charge is 0.573 e. The molecule has 1 aromatic carbocycles. The third-order valence-corrected chi connectivity index (χ3v) is 5.64. The number of ether oxygens (including phenoxy) is 2. The van der Waals surface area contributed by atoms with Crippen LogP contribution in [0, 0.1) is 12.3 Å². The molecule has 3 heterocycles. The van der Waals surface area contributed by atoms with E-state index in [-0.39, 0.29) is 17.3 Å². The predicted molar refractivity (Wildman–Crippen MR) is 107 cm³/mol. The molecule has 7 nitrogen and oxygen atoms in total. The van der Waals surface area contributed by atoms with E-state index >= 15 is 0 Å². The van der Waals surface area contributed by atoms with Gasteiger partial charge in [-0.15, -0.1) is 13.2 Å². The van der Waals surface area contributed by atoms with Crippen molar-refractivity contribution in [3.05, 3.63) is 36.2 Å². The van der Waals surface area contributed by atoms with Gasteiger partial charge >= 0.3 is 12.5 Å². The monoisotopic (exact) mass is 438 g/mol. The van der Waals surface area contributed by atoms with Gasteiger partial charge < -0.3 is 19.3 Å². The van der Waals surface area contributed by atoms with Gasteiger partial charge in [-0.1, -0.05) is 13.3 Å². The number of nitrogens with zero attached hydrogens (tertiary/aromatic N) is 4. The smallest absolute Gasteiger partial charge is 0.449 e. The molecule has 0 unspecified atom stereocenters. The highest BCUT2D eigenvalue weighted by Crippen LogP contribution is 2.43. The standard InChI is InChI=1S/C21H25F3N4O3/c1-3-4-9-30-19(29)27-13-20(14-27)11-26(12-20)18-10-28(25-15(18)2)16-5-7-17(8-6-16)31-21(22,23)24/h5-8,10H,3-4,9,11-14H2,1-2H3. The number of rotatable bonds is 6. The van der Waals surface area contributed by atoms with E-state index in [1.807, 2.05) is 13.1 Å². The minimum Gasteiger partial charge on any atom is -0.449 e. The summed E-state index contributed by atoms with van der Waals surface area (Å²) in [5.41, 5.74) is 2.56. The summed E-state index contributed by atoms with van der Waals surface area (Å²) in [7, 11) is 0. The van der Waals surface area contributed by atoms with E-state index in [0.29, 0.717) is 25.4 Å². The average Bonchev–Trinajstić information content (AvgIpc) is 3.00. The molecule has 2 saturated heterocycles. The van der Waals surface area contributed by atoms with Gasteiger partial charge in [0.25, 0.3) is 0 Å². The Bertz CT molecular complexity index is 928. The molecule has 31 heavy (non-hydrogen) atoms. The Morgan fingerprint density at radius 3 is 2.45 bits per heavy atom. The first-order chi connectivity index (χ1) is 14.7. The number of likely N-dealkylation sites (tertiary alicyclic amines) is 1. The van der Waals surface area contributed by atoms with Crippen molar-refractivity contribution in [2.24, 2.45) is 5.41 Å². The predicted octanol–water partition coefficient (Wildman–Crippen LogP) is 4.14. The van der Waals surface area contributed by atoms with Gasteiger partial charge in [0.2, 0.25) is 0 Å². The van der Waals surface area contributed by atoms with Crippen LogP contribution in [0.25, 0.3) is 5.69 Å². The Morgan fingerprint density at radius 2 is 1.84 bits per heavy atom. The first kappa shape index (κ1) is 21.3. The van der Waals surface area contributed by atoms with E-state index in [0.717, 1.165) is 37.3 Å². The van der Waals surface area contributed by atoms with Gasteiger partial charge in [0.1, 0.15) is 5.75 Å². The van der Waals surface area contributed by atoms with Crippen LogP contribution >= 0.6 is 0 Å². The van der Waals surface area contributed by atoms with Crippen LogP contribution in [-0.2, 0) is 4.74 Å². The quantitative estimate of drug-likeness (QED) is 0.635. The SMILES string of the molecule is CCCCOC(=O)N1CC2(C1)CN(c1cn(-c3ccc(OC(F)(F)F)cc3)nc1C)C2. The minimum atomic E-state index is -4.71. The van der Waals surface area contributed by atoms with E-state index in [1.54, 1.807) is 9.58 Å². The summed E-state index contributed by atoms with van der Waals surface area (Å²) >= 11 is 0. The van der Waals surface area contributed by atoms with Gasteiger partial charge in [0.15, 0.2) is 0 Å². The zero-order valence-corrected chi connectivity index (χ0v) is 17.5. The van der Waals surface area contributed by atoms with E-state index in [1.165, 1.54) is 24.3 Å². The Hall–Kier alpha value is -2.91. The number of alkyl halides is 3. The molecular formula is C21H25F3N4O3. The fourth-order valence-corrected chi connectivity index (χ4v) is 4.12. The summed E-state index contributed by atoms with van der Waals surface area (Å²) in [5, 5.41) is 4.49. The highest BCUT2D eigenvalue weighted by atomic mass is 19.4. The lowest BCUT2D eigenvalue weighted by Crippen LogP contribution is -2.73. The number of unbranched alkanes of at least 4 members (excludes halogenated alkanes) is 1. The first-order valence-electron chi connectivity index (χ1n) is 10.3. The lowest BCUT2D eigenvalue weighted by Gasteiger charge is -2.60. The van der Waals surface area contributed by atoms with Gasteiger partial charge in [-0.05, 0) is 37.6 Å². The van der Waals surface area contributed by atoms with E-state index < -0.39 is 6.36 Å². The molecule has 10 heteroatoms. The van der Waals surface area contributed by atoms with Crippen LogP contribution in [0.3, 0.4) is 0 Å². The topological polar surface area (TPSA) is 59.8 Å². The van der Waals surface area contributed by atoms with Crippen molar-refractivity contribution in [3.8, 4) is 11.4 Å². The molecule has 1 amide bonds. The molecule has 0 aliphatic carbocycles. The van der Waals surface area contributed by atoms with Crippen LogP contribution in [0.2, 0.25) is 0 Å². The Morgan fingerprint density at radius 1 is 1.16 bits per heavy atom.